The van der Waals surface area contributed by atoms with Gasteiger partial charge in [0.2, 0.25) is 5.75 Å². The van der Waals surface area contributed by atoms with E-state index >= 15 is 0 Å². The first-order valence-electron chi connectivity index (χ1n) is 10.4. The molecule has 32 heavy (non-hydrogen) atoms. The number of aryl methyl sites for hydroxylation is 1. The van der Waals surface area contributed by atoms with Crippen LogP contribution in [0.2, 0.25) is 0 Å². The van der Waals surface area contributed by atoms with E-state index in [-0.39, 0.29) is 5.91 Å². The molecule has 1 fully saturated rings. The minimum absolute atomic E-state index is 0.284. The number of aromatic nitrogens is 2. The van der Waals surface area contributed by atoms with Gasteiger partial charge in [-0.3, -0.25) is 9.69 Å². The van der Waals surface area contributed by atoms with Crippen molar-refractivity contribution in [3.05, 3.63) is 41.7 Å². The van der Waals surface area contributed by atoms with Gasteiger partial charge in [0.15, 0.2) is 11.5 Å². The quantitative estimate of drug-likeness (QED) is 0.604. The third kappa shape index (κ3) is 4.35. The Kier molecular flexibility index (Phi) is 6.48. The number of carbonyl (C=O) groups is 1. The average Bonchev–Trinajstić information content (AvgIpc) is 3.12. The number of benzene rings is 2. The number of ether oxygens (including phenoxy) is 4. The number of nitrogens with one attached hydrogen (secondary N) is 1. The molecule has 170 valence electrons. The zero-order valence-electron chi connectivity index (χ0n) is 18.8. The van der Waals surface area contributed by atoms with Crippen LogP contribution in [0.25, 0.3) is 11.0 Å². The lowest BCUT2D eigenvalue weighted by Gasteiger charge is -2.26. The van der Waals surface area contributed by atoms with Crippen LogP contribution in [-0.4, -0.2) is 68.0 Å². The van der Waals surface area contributed by atoms with E-state index in [1.807, 2.05) is 25.2 Å². The molecule has 9 heteroatoms. The Bertz CT molecular complexity index is 1100. The minimum Gasteiger partial charge on any atom is -0.493 e. The van der Waals surface area contributed by atoms with Crippen LogP contribution in [0.3, 0.4) is 0 Å². The van der Waals surface area contributed by atoms with Crippen molar-refractivity contribution in [1.82, 2.24) is 14.5 Å². The second-order valence-electron chi connectivity index (χ2n) is 7.55. The number of amides is 1. The maximum Gasteiger partial charge on any atom is 0.255 e. The molecular weight excluding hydrogens is 412 g/mol. The number of fused-ring (bicyclic) bond motifs is 1. The number of carbonyl (C=O) groups excluding carboxylic acids is 1. The molecule has 3 aromatic rings. The lowest BCUT2D eigenvalue weighted by Crippen LogP contribution is -2.36. The predicted molar refractivity (Wildman–Crippen MR) is 121 cm³/mol. The third-order valence-corrected chi connectivity index (χ3v) is 5.63. The van der Waals surface area contributed by atoms with Crippen molar-refractivity contribution in [3.63, 3.8) is 0 Å². The van der Waals surface area contributed by atoms with Crippen molar-refractivity contribution in [2.24, 2.45) is 7.05 Å². The molecule has 1 aromatic heterocycles. The summed E-state index contributed by atoms with van der Waals surface area (Å²) in [4.78, 5) is 20.0. The van der Waals surface area contributed by atoms with Crippen molar-refractivity contribution in [1.29, 1.82) is 0 Å². The van der Waals surface area contributed by atoms with E-state index in [9.17, 15) is 4.79 Å². The Morgan fingerprint density at radius 2 is 1.75 bits per heavy atom. The van der Waals surface area contributed by atoms with E-state index in [2.05, 4.69) is 14.8 Å². The molecule has 1 aliphatic heterocycles. The number of methoxy groups -OCH3 is 3. The molecule has 1 N–H and O–H groups in total. The van der Waals surface area contributed by atoms with Crippen molar-refractivity contribution in [3.8, 4) is 17.2 Å². The molecule has 0 radical (unpaired) electrons. The molecule has 0 aliphatic carbocycles. The number of anilines is 1. The molecule has 2 heterocycles. The number of hydrogen-bond donors (Lipinski definition) is 1. The molecule has 4 rings (SSSR count). The molecule has 1 aliphatic rings. The van der Waals surface area contributed by atoms with E-state index in [0.717, 1.165) is 49.7 Å². The van der Waals surface area contributed by atoms with Gasteiger partial charge in [-0.15, -0.1) is 0 Å². The van der Waals surface area contributed by atoms with E-state index in [0.29, 0.717) is 28.5 Å². The van der Waals surface area contributed by atoms with Gasteiger partial charge in [0.1, 0.15) is 5.82 Å². The molecule has 0 saturated carbocycles. The molecule has 0 spiro atoms. The molecule has 0 bridgehead atoms. The lowest BCUT2D eigenvalue weighted by molar-refractivity contribution is 0.0328. The second-order valence-corrected chi connectivity index (χ2v) is 7.55. The van der Waals surface area contributed by atoms with E-state index in [1.54, 1.807) is 12.1 Å². The Morgan fingerprint density at radius 1 is 1.06 bits per heavy atom. The highest BCUT2D eigenvalue weighted by atomic mass is 16.5. The summed E-state index contributed by atoms with van der Waals surface area (Å²) in [5, 5.41) is 2.93. The van der Waals surface area contributed by atoms with Crippen LogP contribution in [0.5, 0.6) is 17.2 Å². The fourth-order valence-corrected chi connectivity index (χ4v) is 3.84. The van der Waals surface area contributed by atoms with E-state index in [1.165, 1.54) is 21.3 Å². The van der Waals surface area contributed by atoms with Gasteiger partial charge in [-0.1, -0.05) is 0 Å². The van der Waals surface area contributed by atoms with Gasteiger partial charge in [-0.05, 0) is 30.3 Å². The number of imidazole rings is 1. The first-order valence-corrected chi connectivity index (χ1v) is 10.4. The summed E-state index contributed by atoms with van der Waals surface area (Å²) in [6.45, 7) is 4.07. The maximum atomic E-state index is 12.9. The molecule has 2 aromatic carbocycles. The lowest BCUT2D eigenvalue weighted by atomic mass is 10.1. The molecule has 0 unspecified atom stereocenters. The van der Waals surface area contributed by atoms with Crippen LogP contribution in [0.1, 0.15) is 16.2 Å². The van der Waals surface area contributed by atoms with Gasteiger partial charge in [0.25, 0.3) is 5.91 Å². The van der Waals surface area contributed by atoms with Crippen LogP contribution < -0.4 is 19.5 Å². The van der Waals surface area contributed by atoms with Gasteiger partial charge in [-0.2, -0.15) is 0 Å². The van der Waals surface area contributed by atoms with Crippen LogP contribution in [0.4, 0.5) is 5.69 Å². The fourth-order valence-electron chi connectivity index (χ4n) is 3.84. The van der Waals surface area contributed by atoms with Crippen molar-refractivity contribution < 1.29 is 23.7 Å². The number of morpholine rings is 1. The topological polar surface area (TPSA) is 87.1 Å². The summed E-state index contributed by atoms with van der Waals surface area (Å²) < 4.78 is 23.5. The van der Waals surface area contributed by atoms with Gasteiger partial charge < -0.3 is 28.8 Å². The first-order chi connectivity index (χ1) is 15.5. The standard InChI is InChI=1S/C23H28N4O5/c1-26-18-6-5-16(13-17(18)25-21(26)14-27-7-9-32-10-8-27)24-23(28)15-11-19(29-2)22(31-4)20(12-15)30-3/h5-6,11-13H,7-10,14H2,1-4H3,(H,24,28). The second kappa shape index (κ2) is 9.46. The van der Waals surface area contributed by atoms with Gasteiger partial charge in [-0.25, -0.2) is 4.98 Å². The van der Waals surface area contributed by atoms with Crippen molar-refractivity contribution in [2.45, 2.75) is 6.54 Å². The fraction of sp³-hybridized carbons (Fsp3) is 0.391. The van der Waals surface area contributed by atoms with Crippen molar-refractivity contribution in [2.75, 3.05) is 52.9 Å². The summed E-state index contributed by atoms with van der Waals surface area (Å²) in [5.41, 5.74) is 2.90. The summed E-state index contributed by atoms with van der Waals surface area (Å²) in [6.07, 6.45) is 0. The summed E-state index contributed by atoms with van der Waals surface area (Å²) in [5.74, 6) is 1.98. The predicted octanol–water partition coefficient (Wildman–Crippen LogP) is 2.68. The summed E-state index contributed by atoms with van der Waals surface area (Å²) >= 11 is 0. The smallest absolute Gasteiger partial charge is 0.255 e. The normalized spacial score (nSPS) is 14.4. The molecule has 1 amide bonds. The highest BCUT2D eigenvalue weighted by Gasteiger charge is 2.18. The summed E-state index contributed by atoms with van der Waals surface area (Å²) in [7, 11) is 6.57. The number of rotatable bonds is 7. The van der Waals surface area contributed by atoms with Crippen LogP contribution in [-0.2, 0) is 18.3 Å². The van der Waals surface area contributed by atoms with Gasteiger partial charge >= 0.3 is 0 Å². The Balaban J connectivity index is 1.56. The van der Waals surface area contributed by atoms with E-state index in [4.69, 9.17) is 23.9 Å². The van der Waals surface area contributed by atoms with Crippen LogP contribution in [0, 0.1) is 0 Å². The molecule has 0 atom stereocenters. The molecule has 1 saturated heterocycles. The monoisotopic (exact) mass is 440 g/mol. The van der Waals surface area contributed by atoms with Gasteiger partial charge in [0, 0.05) is 31.4 Å². The Labute approximate surface area is 186 Å². The minimum atomic E-state index is -0.284. The van der Waals surface area contributed by atoms with E-state index < -0.39 is 0 Å². The Hall–Kier alpha value is -3.30. The first kappa shape index (κ1) is 21.9. The van der Waals surface area contributed by atoms with Crippen LogP contribution in [0.15, 0.2) is 30.3 Å². The zero-order valence-corrected chi connectivity index (χ0v) is 18.8. The third-order valence-electron chi connectivity index (χ3n) is 5.63. The SMILES string of the molecule is COc1cc(C(=O)Nc2ccc3c(c2)nc(CN2CCOCC2)n3C)cc(OC)c1OC. The highest BCUT2D eigenvalue weighted by molar-refractivity contribution is 6.05. The summed E-state index contributed by atoms with van der Waals surface area (Å²) in [6, 6.07) is 8.97. The zero-order chi connectivity index (χ0) is 22.7. The highest BCUT2D eigenvalue weighted by Crippen LogP contribution is 2.38. The molecular formula is C23H28N4O5. The van der Waals surface area contributed by atoms with Crippen LogP contribution >= 0.6 is 0 Å². The Morgan fingerprint density at radius 3 is 2.38 bits per heavy atom. The van der Waals surface area contributed by atoms with Gasteiger partial charge in [0.05, 0.1) is 52.1 Å². The number of hydrogen-bond acceptors (Lipinski definition) is 7. The molecule has 9 nitrogen and oxygen atoms in total. The van der Waals surface area contributed by atoms with Crippen molar-refractivity contribution >= 4 is 22.6 Å². The average molecular weight is 441 g/mol. The maximum absolute atomic E-state index is 12.9. The largest absolute Gasteiger partial charge is 0.493 e. The number of nitrogens with zero attached hydrogens (tertiary/aromatic N) is 3.